The normalized spacial score (nSPS) is 13.2. The molecule has 0 bridgehead atoms. The molecule has 0 heterocycles. The van der Waals surface area contributed by atoms with Gasteiger partial charge in [-0.3, -0.25) is 4.79 Å². The lowest BCUT2D eigenvalue weighted by atomic mass is 10.2. The minimum atomic E-state index is -0.158. The van der Waals surface area contributed by atoms with Gasteiger partial charge in [0.15, 0.2) is 5.78 Å². The second-order valence-electron chi connectivity index (χ2n) is 5.41. The number of carbonyl (C=O) groups is 1. The molecule has 0 aliphatic carbocycles. The summed E-state index contributed by atoms with van der Waals surface area (Å²) in [7, 11) is 8.14. The third-order valence-corrected chi connectivity index (χ3v) is 3.65. The number of carbonyl (C=O) groups excluding carboxylic acids is 1. The van der Waals surface area contributed by atoms with Crippen molar-refractivity contribution in [3.63, 3.8) is 0 Å². The minimum absolute atomic E-state index is 0.0530. The zero-order chi connectivity index (χ0) is 15.5. The van der Waals surface area contributed by atoms with Crippen LogP contribution in [0.15, 0.2) is 12.7 Å². The maximum Gasteiger partial charge on any atom is 0.173 e. The SMILES string of the molecule is C=CC(=O)C(CN(C)CCN(C)CCN(C)CC)NC. The van der Waals surface area contributed by atoms with Gasteiger partial charge in [0.05, 0.1) is 6.04 Å². The smallest absolute Gasteiger partial charge is 0.173 e. The number of likely N-dealkylation sites (N-methyl/N-ethyl adjacent to an activating group) is 4. The Morgan fingerprint density at radius 1 is 1.10 bits per heavy atom. The first-order chi connectivity index (χ1) is 9.44. The molecule has 118 valence electrons. The molecule has 0 fully saturated rings. The highest BCUT2D eigenvalue weighted by Gasteiger charge is 2.15. The molecule has 0 saturated carbocycles. The molecule has 0 aromatic rings. The molecule has 0 aliphatic heterocycles. The Labute approximate surface area is 124 Å². The van der Waals surface area contributed by atoms with Crippen molar-refractivity contribution in [2.24, 2.45) is 0 Å². The Bertz CT molecular complexity index is 283. The topological polar surface area (TPSA) is 38.8 Å². The molecule has 0 aromatic carbocycles. The molecule has 0 aromatic heterocycles. The van der Waals surface area contributed by atoms with Crippen molar-refractivity contribution in [1.82, 2.24) is 20.0 Å². The second-order valence-corrected chi connectivity index (χ2v) is 5.41. The average molecular weight is 284 g/mol. The molecule has 0 spiro atoms. The predicted octanol–water partition coefficient (Wildman–Crippen LogP) is 0.145. The molecule has 5 nitrogen and oxygen atoms in total. The summed E-state index contributed by atoms with van der Waals surface area (Å²) in [6.45, 7) is 11.6. The molecule has 1 N–H and O–H groups in total. The fraction of sp³-hybridized carbons (Fsp3) is 0.800. The fourth-order valence-electron chi connectivity index (χ4n) is 1.82. The number of rotatable bonds is 12. The number of hydrogen-bond acceptors (Lipinski definition) is 5. The van der Waals surface area contributed by atoms with Gasteiger partial charge in [-0.25, -0.2) is 0 Å². The molecule has 0 saturated heterocycles. The lowest BCUT2D eigenvalue weighted by Gasteiger charge is -2.26. The van der Waals surface area contributed by atoms with Crippen LogP contribution in [-0.4, -0.2) is 94.0 Å². The fourth-order valence-corrected chi connectivity index (χ4v) is 1.82. The van der Waals surface area contributed by atoms with E-state index in [9.17, 15) is 4.79 Å². The highest BCUT2D eigenvalue weighted by atomic mass is 16.1. The monoisotopic (exact) mass is 284 g/mol. The molecule has 0 radical (unpaired) electrons. The Balaban J connectivity index is 3.93. The first-order valence-electron chi connectivity index (χ1n) is 7.33. The highest BCUT2D eigenvalue weighted by Crippen LogP contribution is 1.94. The Morgan fingerprint density at radius 3 is 2.05 bits per heavy atom. The van der Waals surface area contributed by atoms with E-state index in [1.807, 2.05) is 14.1 Å². The van der Waals surface area contributed by atoms with Crippen LogP contribution in [0.5, 0.6) is 0 Å². The molecular weight excluding hydrogens is 252 g/mol. The van der Waals surface area contributed by atoms with Crippen LogP contribution in [0.3, 0.4) is 0 Å². The Kier molecular flexibility index (Phi) is 10.6. The van der Waals surface area contributed by atoms with Crippen molar-refractivity contribution in [3.05, 3.63) is 12.7 Å². The quantitative estimate of drug-likeness (QED) is 0.516. The summed E-state index contributed by atoms with van der Waals surface area (Å²) in [5.74, 6) is 0.0530. The van der Waals surface area contributed by atoms with Gasteiger partial charge in [-0.1, -0.05) is 13.5 Å². The van der Waals surface area contributed by atoms with Gasteiger partial charge < -0.3 is 20.0 Å². The van der Waals surface area contributed by atoms with Gasteiger partial charge in [-0.05, 0) is 40.8 Å². The summed E-state index contributed by atoms with van der Waals surface area (Å²) in [6, 6.07) is -0.158. The third kappa shape index (κ3) is 8.43. The molecule has 0 aliphatic rings. The van der Waals surface area contributed by atoms with E-state index < -0.39 is 0 Å². The van der Waals surface area contributed by atoms with Crippen LogP contribution in [0.2, 0.25) is 0 Å². The van der Waals surface area contributed by atoms with Crippen LogP contribution in [0, 0.1) is 0 Å². The molecule has 1 unspecified atom stereocenters. The summed E-state index contributed by atoms with van der Waals surface area (Å²) < 4.78 is 0. The van der Waals surface area contributed by atoms with E-state index in [1.165, 1.54) is 6.08 Å². The van der Waals surface area contributed by atoms with Crippen molar-refractivity contribution in [3.8, 4) is 0 Å². The van der Waals surface area contributed by atoms with Crippen molar-refractivity contribution < 1.29 is 4.79 Å². The van der Waals surface area contributed by atoms with Gasteiger partial charge in [0.1, 0.15) is 0 Å². The van der Waals surface area contributed by atoms with E-state index in [4.69, 9.17) is 0 Å². The zero-order valence-corrected chi connectivity index (χ0v) is 13.9. The largest absolute Gasteiger partial charge is 0.309 e. The summed E-state index contributed by atoms with van der Waals surface area (Å²) in [5.41, 5.74) is 0. The van der Waals surface area contributed by atoms with E-state index in [-0.39, 0.29) is 11.8 Å². The van der Waals surface area contributed by atoms with Gasteiger partial charge >= 0.3 is 0 Å². The van der Waals surface area contributed by atoms with E-state index in [0.717, 1.165) is 32.7 Å². The van der Waals surface area contributed by atoms with Gasteiger partial charge in [-0.2, -0.15) is 0 Å². The van der Waals surface area contributed by atoms with Crippen LogP contribution in [0.4, 0.5) is 0 Å². The summed E-state index contributed by atoms with van der Waals surface area (Å²) in [5, 5.41) is 3.04. The molecule has 20 heavy (non-hydrogen) atoms. The van der Waals surface area contributed by atoms with E-state index in [0.29, 0.717) is 6.54 Å². The standard InChI is InChI=1S/C15H32N4O/c1-7-15(20)14(16-3)13-19(6)12-11-18(5)10-9-17(4)8-2/h7,14,16H,1,8-13H2,2-6H3. The van der Waals surface area contributed by atoms with Crippen molar-refractivity contribution >= 4 is 5.78 Å². The molecule has 5 heteroatoms. The predicted molar refractivity (Wildman–Crippen MR) is 86.2 cm³/mol. The van der Waals surface area contributed by atoms with Gasteiger partial charge in [0, 0.05) is 32.7 Å². The zero-order valence-electron chi connectivity index (χ0n) is 13.9. The maximum absolute atomic E-state index is 11.6. The first-order valence-corrected chi connectivity index (χ1v) is 7.33. The van der Waals surface area contributed by atoms with Crippen molar-refractivity contribution in [2.45, 2.75) is 13.0 Å². The van der Waals surface area contributed by atoms with Gasteiger partial charge in [0.2, 0.25) is 0 Å². The van der Waals surface area contributed by atoms with Crippen molar-refractivity contribution in [1.29, 1.82) is 0 Å². The molecular formula is C15H32N4O. The van der Waals surface area contributed by atoms with Crippen LogP contribution >= 0.6 is 0 Å². The Hall–Kier alpha value is -0.750. The van der Waals surface area contributed by atoms with Crippen LogP contribution in [0.1, 0.15) is 6.92 Å². The molecule has 1 atom stereocenters. The summed E-state index contributed by atoms with van der Waals surface area (Å²) in [6.07, 6.45) is 1.39. The molecule has 0 amide bonds. The minimum Gasteiger partial charge on any atom is -0.309 e. The number of ketones is 1. The maximum atomic E-state index is 11.6. The van der Waals surface area contributed by atoms with Crippen LogP contribution < -0.4 is 5.32 Å². The lowest BCUT2D eigenvalue weighted by Crippen LogP contribution is -2.44. The van der Waals surface area contributed by atoms with Gasteiger partial charge in [-0.15, -0.1) is 0 Å². The summed E-state index contributed by atoms with van der Waals surface area (Å²) in [4.78, 5) is 18.4. The molecule has 0 rings (SSSR count). The van der Waals surface area contributed by atoms with Crippen LogP contribution in [0.25, 0.3) is 0 Å². The second kappa shape index (κ2) is 11.0. The number of hydrogen-bond donors (Lipinski definition) is 1. The van der Waals surface area contributed by atoms with E-state index in [1.54, 1.807) is 0 Å². The highest BCUT2D eigenvalue weighted by molar-refractivity contribution is 5.93. The number of nitrogens with zero attached hydrogens (tertiary/aromatic N) is 3. The first kappa shape index (κ1) is 19.2. The summed E-state index contributed by atoms with van der Waals surface area (Å²) >= 11 is 0. The van der Waals surface area contributed by atoms with E-state index >= 15 is 0 Å². The van der Waals surface area contributed by atoms with E-state index in [2.05, 4.69) is 47.6 Å². The van der Waals surface area contributed by atoms with Crippen LogP contribution in [-0.2, 0) is 4.79 Å². The Morgan fingerprint density at radius 2 is 1.60 bits per heavy atom. The van der Waals surface area contributed by atoms with Gasteiger partial charge in [0.25, 0.3) is 0 Å². The third-order valence-electron chi connectivity index (χ3n) is 3.65. The average Bonchev–Trinajstić information content (AvgIpc) is 2.46. The van der Waals surface area contributed by atoms with Crippen molar-refractivity contribution in [2.75, 3.05) is 67.5 Å². The number of nitrogens with one attached hydrogen (secondary N) is 1. The lowest BCUT2D eigenvalue weighted by molar-refractivity contribution is -0.116.